The molecule has 1 aliphatic heterocycles. The van der Waals surface area contributed by atoms with Gasteiger partial charge in [0.25, 0.3) is 0 Å². The number of nitrogens with two attached hydrogens (primary N) is 1. The number of hydrogen-bond acceptors (Lipinski definition) is 3. The van der Waals surface area contributed by atoms with Crippen LogP contribution >= 0.6 is 12.4 Å². The molecule has 22 heavy (non-hydrogen) atoms. The molecule has 0 radical (unpaired) electrons. The summed E-state index contributed by atoms with van der Waals surface area (Å²) >= 11 is 0. The lowest BCUT2D eigenvalue weighted by Crippen LogP contribution is -2.47. The third kappa shape index (κ3) is 3.59. The van der Waals surface area contributed by atoms with Crippen molar-refractivity contribution in [3.05, 3.63) is 35.6 Å². The van der Waals surface area contributed by atoms with Gasteiger partial charge >= 0.3 is 0 Å². The van der Waals surface area contributed by atoms with Gasteiger partial charge in [-0.1, -0.05) is 18.6 Å². The standard InChI is InChI=1S/C16H21FN2O2.ClH/c17-12-6-4-11(5-7-12)15-10-19(8-9-21-15)16(20)13-2-1-3-14(13)18;/h4-7,13-15H,1-3,8-10,18H2;1H. The van der Waals surface area contributed by atoms with Gasteiger partial charge in [0.1, 0.15) is 11.9 Å². The molecule has 2 aliphatic rings. The van der Waals surface area contributed by atoms with Gasteiger partial charge in [0.15, 0.2) is 0 Å². The molecule has 1 saturated heterocycles. The summed E-state index contributed by atoms with van der Waals surface area (Å²) < 4.78 is 18.7. The third-order valence-electron chi connectivity index (χ3n) is 4.51. The summed E-state index contributed by atoms with van der Waals surface area (Å²) in [5.41, 5.74) is 6.94. The Morgan fingerprint density at radius 3 is 2.64 bits per heavy atom. The van der Waals surface area contributed by atoms with E-state index in [1.54, 1.807) is 12.1 Å². The Hall–Kier alpha value is -1.17. The van der Waals surface area contributed by atoms with Crippen molar-refractivity contribution in [2.45, 2.75) is 31.4 Å². The molecule has 1 heterocycles. The van der Waals surface area contributed by atoms with E-state index in [0.29, 0.717) is 19.7 Å². The second-order valence-corrected chi connectivity index (χ2v) is 5.90. The first kappa shape index (κ1) is 17.2. The summed E-state index contributed by atoms with van der Waals surface area (Å²) in [4.78, 5) is 14.4. The normalized spacial score (nSPS) is 28.3. The van der Waals surface area contributed by atoms with Crippen molar-refractivity contribution >= 4 is 18.3 Å². The van der Waals surface area contributed by atoms with E-state index in [-0.39, 0.29) is 42.2 Å². The lowest BCUT2D eigenvalue weighted by molar-refractivity contribution is -0.143. The van der Waals surface area contributed by atoms with Crippen molar-refractivity contribution in [3.8, 4) is 0 Å². The molecule has 1 aromatic carbocycles. The van der Waals surface area contributed by atoms with E-state index < -0.39 is 0 Å². The largest absolute Gasteiger partial charge is 0.370 e. The average molecular weight is 329 g/mol. The van der Waals surface area contributed by atoms with Gasteiger partial charge in [0.2, 0.25) is 5.91 Å². The van der Waals surface area contributed by atoms with Crippen molar-refractivity contribution in [2.24, 2.45) is 11.7 Å². The number of ether oxygens (including phenoxy) is 1. The molecule has 6 heteroatoms. The summed E-state index contributed by atoms with van der Waals surface area (Å²) in [7, 11) is 0. The fourth-order valence-corrected chi connectivity index (χ4v) is 3.26. The van der Waals surface area contributed by atoms with Crippen molar-refractivity contribution in [1.82, 2.24) is 4.90 Å². The van der Waals surface area contributed by atoms with E-state index in [1.165, 1.54) is 12.1 Å². The summed E-state index contributed by atoms with van der Waals surface area (Å²) in [6.07, 6.45) is 2.67. The number of halogens is 2. The first-order valence-electron chi connectivity index (χ1n) is 7.56. The van der Waals surface area contributed by atoms with Crippen LogP contribution in [0.25, 0.3) is 0 Å². The number of benzene rings is 1. The summed E-state index contributed by atoms with van der Waals surface area (Å²) in [6, 6.07) is 6.27. The summed E-state index contributed by atoms with van der Waals surface area (Å²) in [5, 5.41) is 0. The Morgan fingerprint density at radius 1 is 1.27 bits per heavy atom. The van der Waals surface area contributed by atoms with Crippen LogP contribution in [0, 0.1) is 11.7 Å². The highest BCUT2D eigenvalue weighted by molar-refractivity contribution is 5.85. The highest BCUT2D eigenvalue weighted by Crippen LogP contribution is 2.29. The molecular weight excluding hydrogens is 307 g/mol. The van der Waals surface area contributed by atoms with Gasteiger partial charge in [-0.2, -0.15) is 0 Å². The van der Waals surface area contributed by atoms with E-state index >= 15 is 0 Å². The molecule has 4 nitrogen and oxygen atoms in total. The minimum absolute atomic E-state index is 0. The van der Waals surface area contributed by atoms with E-state index in [9.17, 15) is 9.18 Å². The van der Waals surface area contributed by atoms with Crippen LogP contribution < -0.4 is 5.73 Å². The molecule has 1 saturated carbocycles. The van der Waals surface area contributed by atoms with Crippen LogP contribution in [0.1, 0.15) is 30.9 Å². The summed E-state index contributed by atoms with van der Waals surface area (Å²) in [5.74, 6) is -0.160. The lowest BCUT2D eigenvalue weighted by atomic mass is 10.0. The molecule has 0 aromatic heterocycles. The Labute approximate surface area is 136 Å². The van der Waals surface area contributed by atoms with Crippen LogP contribution in [0.4, 0.5) is 4.39 Å². The molecule has 1 amide bonds. The fourth-order valence-electron chi connectivity index (χ4n) is 3.26. The molecule has 1 aliphatic carbocycles. The molecule has 1 aromatic rings. The maximum atomic E-state index is 13.0. The van der Waals surface area contributed by atoms with Crippen LogP contribution in [-0.2, 0) is 9.53 Å². The molecule has 3 atom stereocenters. The Kier molecular flexibility index (Phi) is 5.78. The van der Waals surface area contributed by atoms with Crippen LogP contribution in [0.3, 0.4) is 0 Å². The number of rotatable bonds is 2. The zero-order chi connectivity index (χ0) is 14.8. The molecular formula is C16H22ClFN2O2. The quantitative estimate of drug-likeness (QED) is 0.906. The van der Waals surface area contributed by atoms with Crippen molar-refractivity contribution in [1.29, 1.82) is 0 Å². The zero-order valence-corrected chi connectivity index (χ0v) is 13.2. The minimum Gasteiger partial charge on any atom is -0.370 e. The van der Waals surface area contributed by atoms with Crippen molar-refractivity contribution in [3.63, 3.8) is 0 Å². The second-order valence-electron chi connectivity index (χ2n) is 5.90. The number of carbonyl (C=O) groups is 1. The molecule has 3 unspecified atom stereocenters. The molecule has 3 rings (SSSR count). The SMILES string of the molecule is Cl.NC1CCCC1C(=O)N1CCOC(c2ccc(F)cc2)C1. The highest BCUT2D eigenvalue weighted by Gasteiger charge is 2.35. The number of hydrogen-bond donors (Lipinski definition) is 1. The Morgan fingerprint density at radius 2 is 2.00 bits per heavy atom. The lowest BCUT2D eigenvalue weighted by Gasteiger charge is -2.35. The Balaban J connectivity index is 0.00000176. The second kappa shape index (κ2) is 7.40. The average Bonchev–Trinajstić information content (AvgIpc) is 2.93. The van der Waals surface area contributed by atoms with E-state index in [4.69, 9.17) is 10.5 Å². The highest BCUT2D eigenvalue weighted by atomic mass is 35.5. The van der Waals surface area contributed by atoms with Crippen LogP contribution in [-0.4, -0.2) is 36.5 Å². The smallest absolute Gasteiger partial charge is 0.227 e. The first-order valence-corrected chi connectivity index (χ1v) is 7.56. The third-order valence-corrected chi connectivity index (χ3v) is 4.51. The van der Waals surface area contributed by atoms with Crippen LogP contribution in [0.5, 0.6) is 0 Å². The Bertz CT molecular complexity index is 511. The van der Waals surface area contributed by atoms with Crippen molar-refractivity contribution in [2.75, 3.05) is 19.7 Å². The molecule has 0 spiro atoms. The van der Waals surface area contributed by atoms with Gasteiger partial charge in [0, 0.05) is 12.6 Å². The van der Waals surface area contributed by atoms with Crippen LogP contribution in [0.2, 0.25) is 0 Å². The fraction of sp³-hybridized carbons (Fsp3) is 0.562. The van der Waals surface area contributed by atoms with Gasteiger partial charge in [-0.05, 0) is 30.5 Å². The summed E-state index contributed by atoms with van der Waals surface area (Å²) in [6.45, 7) is 1.64. The van der Waals surface area contributed by atoms with Gasteiger partial charge < -0.3 is 15.4 Å². The predicted molar refractivity (Wildman–Crippen MR) is 84.2 cm³/mol. The molecule has 2 fully saturated rings. The van der Waals surface area contributed by atoms with E-state index in [2.05, 4.69) is 0 Å². The molecule has 0 bridgehead atoms. The topological polar surface area (TPSA) is 55.6 Å². The van der Waals surface area contributed by atoms with Gasteiger partial charge in [-0.15, -0.1) is 12.4 Å². The molecule has 122 valence electrons. The van der Waals surface area contributed by atoms with Crippen molar-refractivity contribution < 1.29 is 13.9 Å². The minimum atomic E-state index is -0.264. The number of amides is 1. The maximum Gasteiger partial charge on any atom is 0.227 e. The van der Waals surface area contributed by atoms with Gasteiger partial charge in [-0.3, -0.25) is 4.79 Å². The van der Waals surface area contributed by atoms with E-state index in [1.807, 2.05) is 4.90 Å². The van der Waals surface area contributed by atoms with Gasteiger partial charge in [0.05, 0.1) is 19.1 Å². The monoisotopic (exact) mass is 328 g/mol. The first-order chi connectivity index (χ1) is 10.1. The zero-order valence-electron chi connectivity index (χ0n) is 12.4. The number of morpholine rings is 1. The maximum absolute atomic E-state index is 13.0. The predicted octanol–water partition coefficient (Wildman–Crippen LogP) is 2.27. The number of carbonyl (C=O) groups excluding carboxylic acids is 1. The van der Waals surface area contributed by atoms with E-state index in [0.717, 1.165) is 24.8 Å². The van der Waals surface area contributed by atoms with Gasteiger partial charge in [-0.25, -0.2) is 4.39 Å². The van der Waals surface area contributed by atoms with Crippen LogP contribution in [0.15, 0.2) is 24.3 Å². The number of nitrogens with zero attached hydrogens (tertiary/aromatic N) is 1. The molecule has 2 N–H and O–H groups in total.